The van der Waals surface area contributed by atoms with Crippen molar-refractivity contribution in [3.63, 3.8) is 0 Å². The molecule has 0 saturated carbocycles. The van der Waals surface area contributed by atoms with Crippen molar-refractivity contribution < 1.29 is 19.1 Å². The van der Waals surface area contributed by atoms with Gasteiger partial charge in [0.15, 0.2) is 0 Å². The maximum Gasteiger partial charge on any atom is 0.328 e. The first kappa shape index (κ1) is 24.6. The van der Waals surface area contributed by atoms with E-state index >= 15 is 0 Å². The number of aromatic amines is 2. The van der Waals surface area contributed by atoms with Gasteiger partial charge in [0.05, 0.1) is 18.7 Å². The number of ketones is 1. The zero-order valence-corrected chi connectivity index (χ0v) is 23.3. The van der Waals surface area contributed by atoms with Crippen LogP contribution in [0.5, 0.6) is 0 Å². The van der Waals surface area contributed by atoms with Crippen molar-refractivity contribution in [2.45, 2.75) is 18.5 Å². The molecule has 0 aliphatic carbocycles. The normalized spacial score (nSPS) is 17.0. The van der Waals surface area contributed by atoms with Crippen LogP contribution in [-0.2, 0) is 20.7 Å². The molecule has 2 N–H and O–H groups in total. The third kappa shape index (κ3) is 3.88. The van der Waals surface area contributed by atoms with Crippen molar-refractivity contribution in [1.82, 2.24) is 14.9 Å². The van der Waals surface area contributed by atoms with Crippen LogP contribution < -0.4 is 0 Å². The number of hydrogen-bond donors (Lipinski definition) is 2. The molecular weight excluding hydrogens is 614 g/mol. The fourth-order valence-electron chi connectivity index (χ4n) is 5.39. The van der Waals surface area contributed by atoms with Gasteiger partial charge in [-0.05, 0) is 41.5 Å². The van der Waals surface area contributed by atoms with Crippen LogP contribution in [0.15, 0.2) is 81.9 Å². The Kier molecular flexibility index (Phi) is 6.20. The van der Waals surface area contributed by atoms with Crippen molar-refractivity contribution in [2.24, 2.45) is 0 Å². The summed E-state index contributed by atoms with van der Waals surface area (Å²) in [6, 6.07) is 19.1. The lowest BCUT2D eigenvalue weighted by atomic mass is 9.87. The first-order chi connectivity index (χ1) is 18.4. The van der Waals surface area contributed by atoms with Crippen LogP contribution in [0.2, 0.25) is 0 Å². The van der Waals surface area contributed by atoms with Gasteiger partial charge in [-0.1, -0.05) is 68.3 Å². The predicted octanol–water partition coefficient (Wildman–Crippen LogP) is 6.07. The Morgan fingerprint density at radius 1 is 0.947 bits per heavy atom. The summed E-state index contributed by atoms with van der Waals surface area (Å²) in [5.74, 6) is -2.08. The number of aromatic nitrogens is 2. The Morgan fingerprint density at radius 3 is 2.50 bits per heavy atom. The third-order valence-corrected chi connectivity index (χ3v) is 8.34. The molecule has 1 amide bonds. The fraction of sp³-hybridized carbons (Fsp3) is 0.138. The van der Waals surface area contributed by atoms with Gasteiger partial charge in [-0.25, -0.2) is 4.79 Å². The van der Waals surface area contributed by atoms with E-state index in [0.29, 0.717) is 5.39 Å². The molecule has 3 heterocycles. The number of ether oxygens (including phenoxy) is 1. The minimum atomic E-state index is -1.00. The number of fused-ring (bicyclic) bond motifs is 4. The van der Waals surface area contributed by atoms with Crippen LogP contribution >= 0.6 is 31.9 Å². The van der Waals surface area contributed by atoms with Crippen molar-refractivity contribution >= 4 is 71.3 Å². The van der Waals surface area contributed by atoms with Crippen LogP contribution in [0, 0.1) is 0 Å². The average molecular weight is 635 g/mol. The van der Waals surface area contributed by atoms with E-state index in [2.05, 4.69) is 41.8 Å². The van der Waals surface area contributed by atoms with Crippen LogP contribution in [0.25, 0.3) is 21.8 Å². The van der Waals surface area contributed by atoms with Crippen LogP contribution in [0.4, 0.5) is 0 Å². The molecule has 38 heavy (non-hydrogen) atoms. The van der Waals surface area contributed by atoms with E-state index in [1.54, 1.807) is 6.07 Å². The SMILES string of the molecule is COC(=O)[C@@H]1Cc2c([nH]c3ccccc23)[C@@H](c2ccccc2Br)N1C(=O)C(=O)c1c[nH]c2ccc(Br)cc12. The van der Waals surface area contributed by atoms with Gasteiger partial charge in [-0.3, -0.25) is 9.59 Å². The molecule has 0 unspecified atom stereocenters. The Balaban J connectivity index is 1.56. The summed E-state index contributed by atoms with van der Waals surface area (Å²) >= 11 is 7.08. The van der Waals surface area contributed by atoms with E-state index in [1.807, 2.05) is 60.7 Å². The van der Waals surface area contributed by atoms with E-state index in [4.69, 9.17) is 4.74 Å². The second kappa shape index (κ2) is 9.56. The first-order valence-corrected chi connectivity index (χ1v) is 13.5. The lowest BCUT2D eigenvalue weighted by molar-refractivity contribution is -0.153. The number of nitrogens with one attached hydrogen (secondary N) is 2. The molecule has 3 aromatic carbocycles. The first-order valence-electron chi connectivity index (χ1n) is 11.9. The van der Waals surface area contributed by atoms with Gasteiger partial charge in [0.2, 0.25) is 0 Å². The molecule has 0 radical (unpaired) electrons. The standard InChI is InChI=1S/C29H21Br2N3O4/c1-38-29(37)24-13-19-16-6-3-5-9-23(16)33-25(19)26(17-7-2-4-8-21(17)31)34(24)28(36)27(35)20-14-32-22-11-10-15(30)12-18(20)22/h2-12,14,24,26,32-33H,13H2,1H3/t24-,26+/m0/s1. The number of Topliss-reactive ketones (excluding diaryl/α,β-unsaturated/α-hetero) is 1. The van der Waals surface area contributed by atoms with Crippen LogP contribution in [0.1, 0.15) is 33.2 Å². The van der Waals surface area contributed by atoms with E-state index in [-0.39, 0.29) is 12.0 Å². The zero-order valence-electron chi connectivity index (χ0n) is 20.1. The Labute approximate surface area is 234 Å². The van der Waals surface area contributed by atoms with Gasteiger partial charge in [-0.15, -0.1) is 0 Å². The Bertz CT molecular complexity index is 1760. The van der Waals surface area contributed by atoms with E-state index < -0.39 is 29.7 Å². The highest BCUT2D eigenvalue weighted by Crippen LogP contribution is 2.43. The maximum absolute atomic E-state index is 14.2. The maximum atomic E-state index is 14.2. The van der Waals surface area contributed by atoms with Crippen molar-refractivity contribution in [2.75, 3.05) is 7.11 Å². The zero-order chi connectivity index (χ0) is 26.6. The summed E-state index contributed by atoms with van der Waals surface area (Å²) in [5, 5.41) is 1.58. The number of carbonyl (C=O) groups is 3. The molecular formula is C29H21Br2N3O4. The number of carbonyl (C=O) groups excluding carboxylic acids is 3. The lowest BCUT2D eigenvalue weighted by Gasteiger charge is -2.40. The Hall–Kier alpha value is -3.69. The molecule has 2 atom stereocenters. The number of methoxy groups -OCH3 is 1. The van der Waals surface area contributed by atoms with Crippen molar-refractivity contribution in [3.05, 3.63) is 104 Å². The lowest BCUT2D eigenvalue weighted by Crippen LogP contribution is -2.54. The highest BCUT2D eigenvalue weighted by molar-refractivity contribution is 9.10. The number of rotatable bonds is 4. The minimum Gasteiger partial charge on any atom is -0.467 e. The topological polar surface area (TPSA) is 95.3 Å². The minimum absolute atomic E-state index is 0.214. The molecule has 1 aliphatic rings. The number of H-pyrrole nitrogens is 2. The second-order valence-corrected chi connectivity index (χ2v) is 10.9. The third-order valence-electron chi connectivity index (χ3n) is 7.12. The molecule has 5 aromatic rings. The van der Waals surface area contributed by atoms with Crippen LogP contribution in [0.3, 0.4) is 0 Å². The molecule has 0 saturated heterocycles. The number of amides is 1. The summed E-state index contributed by atoms with van der Waals surface area (Å²) in [5.41, 5.74) is 4.29. The molecule has 7 nitrogen and oxygen atoms in total. The highest BCUT2D eigenvalue weighted by Gasteiger charge is 2.46. The number of esters is 1. The fourth-order valence-corrected chi connectivity index (χ4v) is 6.25. The molecule has 1 aliphatic heterocycles. The van der Waals surface area contributed by atoms with Crippen LogP contribution in [-0.4, -0.2) is 45.7 Å². The molecule has 190 valence electrons. The molecule has 9 heteroatoms. The molecule has 2 aromatic heterocycles. The Morgan fingerprint density at radius 2 is 1.71 bits per heavy atom. The summed E-state index contributed by atoms with van der Waals surface area (Å²) < 4.78 is 6.70. The number of hydrogen-bond acceptors (Lipinski definition) is 4. The van der Waals surface area contributed by atoms with Crippen molar-refractivity contribution in [1.29, 1.82) is 0 Å². The second-order valence-electron chi connectivity index (χ2n) is 9.16. The molecule has 6 rings (SSSR count). The number of nitrogens with zero attached hydrogens (tertiary/aromatic N) is 1. The van der Waals surface area contributed by atoms with Gasteiger partial charge in [0.25, 0.3) is 11.7 Å². The number of para-hydroxylation sites is 1. The molecule has 0 bridgehead atoms. The quantitative estimate of drug-likeness (QED) is 0.142. The van der Waals surface area contributed by atoms with E-state index in [9.17, 15) is 14.4 Å². The van der Waals surface area contributed by atoms with Gasteiger partial charge in [-0.2, -0.15) is 0 Å². The van der Waals surface area contributed by atoms with Gasteiger partial charge in [0, 0.05) is 49.1 Å². The van der Waals surface area contributed by atoms with Gasteiger partial charge < -0.3 is 19.6 Å². The van der Waals surface area contributed by atoms with E-state index in [0.717, 1.165) is 42.2 Å². The highest BCUT2D eigenvalue weighted by atomic mass is 79.9. The van der Waals surface area contributed by atoms with Crippen molar-refractivity contribution in [3.8, 4) is 0 Å². The summed E-state index contributed by atoms with van der Waals surface area (Å²) in [4.78, 5) is 49.2. The summed E-state index contributed by atoms with van der Waals surface area (Å²) in [6.07, 6.45) is 1.75. The molecule has 0 fully saturated rings. The smallest absolute Gasteiger partial charge is 0.328 e. The largest absolute Gasteiger partial charge is 0.467 e. The summed E-state index contributed by atoms with van der Waals surface area (Å²) in [6.45, 7) is 0. The van der Waals surface area contributed by atoms with E-state index in [1.165, 1.54) is 18.2 Å². The predicted molar refractivity (Wildman–Crippen MR) is 151 cm³/mol. The molecule has 0 spiro atoms. The number of halogens is 2. The summed E-state index contributed by atoms with van der Waals surface area (Å²) in [7, 11) is 1.29. The van der Waals surface area contributed by atoms with Gasteiger partial charge >= 0.3 is 5.97 Å². The monoisotopic (exact) mass is 633 g/mol. The average Bonchev–Trinajstić information content (AvgIpc) is 3.52. The van der Waals surface area contributed by atoms with Gasteiger partial charge in [0.1, 0.15) is 6.04 Å². The number of benzene rings is 3.